The van der Waals surface area contributed by atoms with Crippen LogP contribution in [-0.4, -0.2) is 29.0 Å². The molecule has 0 heterocycles. The lowest BCUT2D eigenvalue weighted by atomic mass is 10.1. The Hall–Kier alpha value is -0.770. The van der Waals surface area contributed by atoms with Gasteiger partial charge in [-0.25, -0.2) is 0 Å². The molecule has 1 saturated carbocycles. The van der Waals surface area contributed by atoms with E-state index in [9.17, 15) is 5.11 Å². The van der Waals surface area contributed by atoms with Crippen LogP contribution in [0.3, 0.4) is 0 Å². The van der Waals surface area contributed by atoms with Crippen molar-refractivity contribution in [3.8, 4) is 0 Å². The van der Waals surface area contributed by atoms with Gasteiger partial charge in [0, 0.05) is 11.5 Å². The highest BCUT2D eigenvalue weighted by Gasteiger charge is 2.31. The molecule has 0 aromatic heterocycles. The zero-order valence-corrected chi connectivity index (χ0v) is 6.09. The van der Waals surface area contributed by atoms with Crippen LogP contribution in [0, 0.1) is 5.92 Å². The molecular formula is C6H11N3O2. The van der Waals surface area contributed by atoms with Gasteiger partial charge in [0.05, 0.1) is 12.1 Å². The predicted octanol–water partition coefficient (Wildman–Crippen LogP) is 0.428. The van der Waals surface area contributed by atoms with Gasteiger partial charge >= 0.3 is 0 Å². The van der Waals surface area contributed by atoms with Crippen molar-refractivity contribution < 1.29 is 10.2 Å². The van der Waals surface area contributed by atoms with E-state index in [4.69, 9.17) is 10.6 Å². The Morgan fingerprint density at radius 1 is 1.55 bits per heavy atom. The van der Waals surface area contributed by atoms with E-state index in [0.717, 1.165) is 0 Å². The fraction of sp³-hybridized carbons (Fsp3) is 1.00. The third-order valence-electron chi connectivity index (χ3n) is 2.05. The molecule has 1 rings (SSSR count). The van der Waals surface area contributed by atoms with Gasteiger partial charge in [0.2, 0.25) is 0 Å². The molecule has 0 radical (unpaired) electrons. The van der Waals surface area contributed by atoms with E-state index in [1.807, 2.05) is 0 Å². The quantitative estimate of drug-likeness (QED) is 0.345. The minimum absolute atomic E-state index is 0.0640. The number of nitrogens with zero attached hydrogens (tertiary/aromatic N) is 3. The molecule has 1 aliphatic carbocycles. The Morgan fingerprint density at radius 2 is 2.27 bits per heavy atom. The first-order valence-corrected chi connectivity index (χ1v) is 3.61. The molecule has 5 nitrogen and oxygen atoms in total. The monoisotopic (exact) mass is 157 g/mol. The molecule has 5 heteroatoms. The maximum atomic E-state index is 9.25. The Bertz CT molecular complexity index is 179. The molecule has 0 saturated heterocycles. The maximum Gasteiger partial charge on any atom is 0.0637 e. The van der Waals surface area contributed by atoms with Crippen molar-refractivity contribution in [1.82, 2.24) is 0 Å². The van der Waals surface area contributed by atoms with Crippen molar-refractivity contribution >= 4 is 0 Å². The number of hydrogen-bond acceptors (Lipinski definition) is 3. The highest BCUT2D eigenvalue weighted by Crippen LogP contribution is 2.27. The molecule has 0 aromatic rings. The van der Waals surface area contributed by atoms with Gasteiger partial charge in [-0.05, 0) is 24.3 Å². The fourth-order valence-corrected chi connectivity index (χ4v) is 1.43. The fourth-order valence-electron chi connectivity index (χ4n) is 1.43. The normalized spacial score (nSPS) is 36.7. The SMILES string of the molecule is [N-]=[N+]=N[C@@H]1C[C@H](CO)C[C@@H]1O. The molecule has 1 fully saturated rings. The van der Waals surface area contributed by atoms with E-state index in [1.54, 1.807) is 0 Å². The van der Waals surface area contributed by atoms with Gasteiger partial charge in [0.25, 0.3) is 0 Å². The molecule has 0 aliphatic heterocycles. The molecule has 11 heavy (non-hydrogen) atoms. The molecule has 62 valence electrons. The lowest BCUT2D eigenvalue weighted by Gasteiger charge is -2.04. The van der Waals surface area contributed by atoms with Crippen LogP contribution in [0.5, 0.6) is 0 Å². The zero-order chi connectivity index (χ0) is 8.27. The second-order valence-electron chi connectivity index (χ2n) is 2.86. The second kappa shape index (κ2) is 3.57. The Kier molecular flexibility index (Phi) is 2.70. The number of aliphatic hydroxyl groups excluding tert-OH is 2. The van der Waals surface area contributed by atoms with Crippen LogP contribution in [0.15, 0.2) is 5.11 Å². The first kappa shape index (κ1) is 8.33. The smallest absolute Gasteiger partial charge is 0.0637 e. The third-order valence-corrected chi connectivity index (χ3v) is 2.05. The summed E-state index contributed by atoms with van der Waals surface area (Å²) in [6, 6.07) is -0.336. The number of aliphatic hydroxyl groups is 2. The average molecular weight is 157 g/mol. The van der Waals surface area contributed by atoms with Crippen molar-refractivity contribution in [2.75, 3.05) is 6.61 Å². The topological polar surface area (TPSA) is 89.2 Å². The summed E-state index contributed by atoms with van der Waals surface area (Å²) in [6.45, 7) is 0.0640. The van der Waals surface area contributed by atoms with E-state index < -0.39 is 6.10 Å². The van der Waals surface area contributed by atoms with E-state index in [1.165, 1.54) is 0 Å². The molecule has 0 aromatic carbocycles. The number of hydrogen-bond donors (Lipinski definition) is 2. The minimum Gasteiger partial charge on any atom is -0.396 e. The van der Waals surface area contributed by atoms with Crippen molar-refractivity contribution in [3.63, 3.8) is 0 Å². The van der Waals surface area contributed by atoms with Gasteiger partial charge in [0.1, 0.15) is 0 Å². The van der Waals surface area contributed by atoms with Gasteiger partial charge in [0.15, 0.2) is 0 Å². The first-order valence-electron chi connectivity index (χ1n) is 3.61. The van der Waals surface area contributed by atoms with Crippen LogP contribution in [0.25, 0.3) is 10.4 Å². The molecular weight excluding hydrogens is 146 g/mol. The molecule has 0 spiro atoms. The summed E-state index contributed by atoms with van der Waals surface area (Å²) in [5.74, 6) is 0.0977. The lowest BCUT2D eigenvalue weighted by Crippen LogP contribution is -2.15. The minimum atomic E-state index is -0.567. The predicted molar refractivity (Wildman–Crippen MR) is 38.8 cm³/mol. The second-order valence-corrected chi connectivity index (χ2v) is 2.86. The van der Waals surface area contributed by atoms with Gasteiger partial charge in [-0.15, -0.1) is 0 Å². The highest BCUT2D eigenvalue weighted by atomic mass is 16.3. The summed E-state index contributed by atoms with van der Waals surface area (Å²) in [5, 5.41) is 21.4. The maximum absolute atomic E-state index is 9.25. The molecule has 3 atom stereocenters. The van der Waals surface area contributed by atoms with E-state index in [-0.39, 0.29) is 18.6 Å². The number of rotatable bonds is 2. The average Bonchev–Trinajstić information content (AvgIpc) is 2.33. The largest absolute Gasteiger partial charge is 0.396 e. The van der Waals surface area contributed by atoms with Gasteiger partial charge in [-0.3, -0.25) is 0 Å². The van der Waals surface area contributed by atoms with Crippen LogP contribution in [0.2, 0.25) is 0 Å². The summed E-state index contributed by atoms with van der Waals surface area (Å²) in [6.07, 6.45) is 0.574. The van der Waals surface area contributed by atoms with E-state index >= 15 is 0 Å². The van der Waals surface area contributed by atoms with Gasteiger partial charge in [-0.1, -0.05) is 5.11 Å². The number of azide groups is 1. The van der Waals surface area contributed by atoms with Crippen molar-refractivity contribution in [2.45, 2.75) is 25.0 Å². The van der Waals surface area contributed by atoms with Crippen LogP contribution in [0.4, 0.5) is 0 Å². The Morgan fingerprint density at radius 3 is 2.73 bits per heavy atom. The molecule has 0 bridgehead atoms. The zero-order valence-electron chi connectivity index (χ0n) is 6.09. The summed E-state index contributed by atoms with van der Waals surface area (Å²) in [4.78, 5) is 2.62. The Balaban J connectivity index is 2.51. The van der Waals surface area contributed by atoms with Crippen molar-refractivity contribution in [2.24, 2.45) is 11.0 Å². The molecule has 0 unspecified atom stereocenters. The summed E-state index contributed by atoms with van der Waals surface area (Å²) >= 11 is 0. The van der Waals surface area contributed by atoms with E-state index in [2.05, 4.69) is 10.0 Å². The molecule has 1 aliphatic rings. The van der Waals surface area contributed by atoms with Crippen molar-refractivity contribution in [1.29, 1.82) is 0 Å². The molecule has 2 N–H and O–H groups in total. The first-order chi connectivity index (χ1) is 5.27. The summed E-state index contributed by atoms with van der Waals surface area (Å²) in [7, 11) is 0. The standard InChI is InChI=1S/C6H11N3O2/c7-9-8-5-1-4(3-10)2-6(5)11/h4-6,10-11H,1-3H2/t4-,5+,6-/m0/s1. The van der Waals surface area contributed by atoms with Gasteiger partial charge in [-0.2, -0.15) is 0 Å². The van der Waals surface area contributed by atoms with Crippen LogP contribution in [0.1, 0.15) is 12.8 Å². The van der Waals surface area contributed by atoms with Crippen LogP contribution >= 0.6 is 0 Å². The van der Waals surface area contributed by atoms with E-state index in [0.29, 0.717) is 12.8 Å². The third kappa shape index (κ3) is 1.83. The summed E-state index contributed by atoms with van der Waals surface area (Å²) in [5.41, 5.74) is 8.09. The van der Waals surface area contributed by atoms with Gasteiger partial charge < -0.3 is 10.2 Å². The lowest BCUT2D eigenvalue weighted by molar-refractivity contribution is 0.153. The summed E-state index contributed by atoms with van der Waals surface area (Å²) < 4.78 is 0. The van der Waals surface area contributed by atoms with Crippen molar-refractivity contribution in [3.05, 3.63) is 10.4 Å². The van der Waals surface area contributed by atoms with Crippen LogP contribution in [-0.2, 0) is 0 Å². The highest BCUT2D eigenvalue weighted by molar-refractivity contribution is 4.87. The van der Waals surface area contributed by atoms with Crippen LogP contribution < -0.4 is 0 Å². The molecule has 0 amide bonds. The Labute approximate surface area is 64.3 Å².